The molecule has 8 nitrogen and oxygen atoms in total. The van der Waals surface area contributed by atoms with Crippen molar-refractivity contribution >= 4 is 5.91 Å². The average molecular weight is 337 g/mol. The molecule has 3 aromatic heterocycles. The molecule has 1 N–H and O–H groups in total. The molecule has 0 bridgehead atoms. The molecular formula is C17H15N5O3. The Kier molecular flexibility index (Phi) is 4.07. The average Bonchev–Trinajstić information content (AvgIpc) is 3.34. The molecule has 0 aromatic carbocycles. The van der Waals surface area contributed by atoms with Gasteiger partial charge in [0.1, 0.15) is 24.3 Å². The highest BCUT2D eigenvalue weighted by atomic mass is 16.5. The number of ether oxygens (including phenoxy) is 1. The second kappa shape index (κ2) is 6.68. The van der Waals surface area contributed by atoms with E-state index in [4.69, 9.17) is 9.26 Å². The maximum Gasteiger partial charge on any atom is 0.271 e. The van der Waals surface area contributed by atoms with E-state index < -0.39 is 0 Å². The highest BCUT2D eigenvalue weighted by Crippen LogP contribution is 2.21. The standard InChI is InChI=1S/C17H15N5O3/c23-17(21-12-4-5-12)14-7-20-15(8-19-14)24-9-11-10-25-22-16(11)13-3-1-2-6-18-13/h1-3,6-8,10,12H,4-5,9H2,(H,21,23). The van der Waals surface area contributed by atoms with Crippen molar-refractivity contribution in [3.8, 4) is 17.3 Å². The Morgan fingerprint density at radius 1 is 1.24 bits per heavy atom. The van der Waals surface area contributed by atoms with Crippen LogP contribution < -0.4 is 10.1 Å². The van der Waals surface area contributed by atoms with Gasteiger partial charge >= 0.3 is 0 Å². The van der Waals surface area contributed by atoms with Gasteiger partial charge in [-0.25, -0.2) is 9.97 Å². The number of hydrogen-bond acceptors (Lipinski definition) is 7. The van der Waals surface area contributed by atoms with Gasteiger partial charge in [-0.1, -0.05) is 11.2 Å². The molecule has 0 unspecified atom stereocenters. The monoisotopic (exact) mass is 337 g/mol. The Balaban J connectivity index is 1.40. The van der Waals surface area contributed by atoms with Crippen molar-refractivity contribution in [2.24, 2.45) is 0 Å². The molecule has 4 rings (SSSR count). The summed E-state index contributed by atoms with van der Waals surface area (Å²) in [6.45, 7) is 0.206. The molecule has 126 valence electrons. The first kappa shape index (κ1) is 15.3. The smallest absolute Gasteiger partial charge is 0.271 e. The fourth-order valence-corrected chi connectivity index (χ4v) is 2.22. The van der Waals surface area contributed by atoms with Gasteiger partial charge in [0.25, 0.3) is 5.91 Å². The third kappa shape index (κ3) is 3.63. The van der Waals surface area contributed by atoms with E-state index in [-0.39, 0.29) is 24.2 Å². The van der Waals surface area contributed by atoms with E-state index in [9.17, 15) is 4.79 Å². The van der Waals surface area contributed by atoms with E-state index in [0.717, 1.165) is 18.4 Å². The Bertz CT molecular complexity index is 860. The molecule has 3 heterocycles. The normalized spacial score (nSPS) is 13.4. The molecule has 0 saturated heterocycles. The number of aromatic nitrogens is 4. The van der Waals surface area contributed by atoms with Gasteiger partial charge in [0.15, 0.2) is 0 Å². The number of nitrogens with one attached hydrogen (secondary N) is 1. The summed E-state index contributed by atoms with van der Waals surface area (Å²) in [6, 6.07) is 5.83. The van der Waals surface area contributed by atoms with Crippen LogP contribution in [0.15, 0.2) is 47.6 Å². The van der Waals surface area contributed by atoms with Crippen LogP contribution in [0.1, 0.15) is 28.9 Å². The number of carbonyl (C=O) groups is 1. The van der Waals surface area contributed by atoms with Gasteiger partial charge in [-0.3, -0.25) is 9.78 Å². The number of hydrogen-bond donors (Lipinski definition) is 1. The van der Waals surface area contributed by atoms with Crippen LogP contribution in [0.3, 0.4) is 0 Å². The van der Waals surface area contributed by atoms with Crippen LogP contribution in [0.25, 0.3) is 11.4 Å². The fourth-order valence-electron chi connectivity index (χ4n) is 2.22. The molecule has 0 aliphatic heterocycles. The summed E-state index contributed by atoms with van der Waals surface area (Å²) in [4.78, 5) is 24.3. The summed E-state index contributed by atoms with van der Waals surface area (Å²) >= 11 is 0. The number of rotatable bonds is 6. The Labute approximate surface area is 143 Å². The second-order valence-electron chi connectivity index (χ2n) is 5.68. The fraction of sp³-hybridized carbons (Fsp3) is 0.235. The van der Waals surface area contributed by atoms with E-state index in [1.807, 2.05) is 18.2 Å². The highest BCUT2D eigenvalue weighted by Gasteiger charge is 2.24. The van der Waals surface area contributed by atoms with Crippen LogP contribution in [0.5, 0.6) is 5.88 Å². The van der Waals surface area contributed by atoms with Crippen LogP contribution in [0.4, 0.5) is 0 Å². The molecule has 1 amide bonds. The minimum absolute atomic E-state index is 0.206. The maximum absolute atomic E-state index is 11.9. The first-order valence-electron chi connectivity index (χ1n) is 7.90. The predicted molar refractivity (Wildman–Crippen MR) is 86.6 cm³/mol. The first-order chi connectivity index (χ1) is 12.3. The van der Waals surface area contributed by atoms with E-state index in [2.05, 4.69) is 25.4 Å². The summed E-state index contributed by atoms with van der Waals surface area (Å²) in [5.74, 6) is 0.106. The molecule has 0 atom stereocenters. The minimum Gasteiger partial charge on any atom is -0.471 e. The van der Waals surface area contributed by atoms with Gasteiger partial charge in [0.05, 0.1) is 23.7 Å². The molecular weight excluding hydrogens is 322 g/mol. The van der Waals surface area contributed by atoms with Gasteiger partial charge in [0.2, 0.25) is 5.88 Å². The molecule has 0 spiro atoms. The first-order valence-corrected chi connectivity index (χ1v) is 7.90. The van der Waals surface area contributed by atoms with Crippen molar-refractivity contribution in [2.45, 2.75) is 25.5 Å². The van der Waals surface area contributed by atoms with Gasteiger partial charge in [-0.2, -0.15) is 0 Å². The number of carbonyl (C=O) groups excluding carboxylic acids is 1. The zero-order valence-electron chi connectivity index (χ0n) is 13.3. The van der Waals surface area contributed by atoms with Gasteiger partial charge in [-0.15, -0.1) is 0 Å². The van der Waals surface area contributed by atoms with E-state index >= 15 is 0 Å². The summed E-state index contributed by atoms with van der Waals surface area (Å²) in [6.07, 6.45) is 8.08. The zero-order valence-corrected chi connectivity index (χ0v) is 13.3. The van der Waals surface area contributed by atoms with Crippen molar-refractivity contribution in [3.63, 3.8) is 0 Å². The summed E-state index contributed by atoms with van der Waals surface area (Å²) < 4.78 is 10.6. The predicted octanol–water partition coefficient (Wildman–Crippen LogP) is 2.00. The quantitative estimate of drug-likeness (QED) is 0.733. The summed E-state index contributed by atoms with van der Waals surface area (Å²) in [7, 11) is 0. The number of amides is 1. The summed E-state index contributed by atoms with van der Waals surface area (Å²) in [5.41, 5.74) is 2.34. The maximum atomic E-state index is 11.9. The Morgan fingerprint density at radius 2 is 2.16 bits per heavy atom. The lowest BCUT2D eigenvalue weighted by Crippen LogP contribution is -2.26. The molecule has 0 radical (unpaired) electrons. The van der Waals surface area contributed by atoms with Gasteiger partial charge in [-0.05, 0) is 25.0 Å². The lowest BCUT2D eigenvalue weighted by Gasteiger charge is -2.06. The van der Waals surface area contributed by atoms with Crippen molar-refractivity contribution < 1.29 is 14.1 Å². The molecule has 1 fully saturated rings. The van der Waals surface area contributed by atoms with Crippen molar-refractivity contribution in [1.82, 2.24) is 25.4 Å². The van der Waals surface area contributed by atoms with Crippen LogP contribution in [-0.2, 0) is 6.61 Å². The molecule has 8 heteroatoms. The van der Waals surface area contributed by atoms with Crippen molar-refractivity contribution in [2.75, 3.05) is 0 Å². The van der Waals surface area contributed by atoms with Crippen LogP contribution >= 0.6 is 0 Å². The van der Waals surface area contributed by atoms with Crippen LogP contribution in [0, 0.1) is 0 Å². The van der Waals surface area contributed by atoms with Crippen LogP contribution in [0.2, 0.25) is 0 Å². The Hall–Kier alpha value is -3.29. The summed E-state index contributed by atoms with van der Waals surface area (Å²) in [5, 5.41) is 6.82. The van der Waals surface area contributed by atoms with E-state index in [0.29, 0.717) is 17.3 Å². The van der Waals surface area contributed by atoms with Gasteiger partial charge in [0, 0.05) is 12.2 Å². The van der Waals surface area contributed by atoms with E-state index in [1.165, 1.54) is 18.7 Å². The largest absolute Gasteiger partial charge is 0.471 e. The SMILES string of the molecule is O=C(NC1CC1)c1cnc(OCc2conc2-c2ccccn2)cn1. The molecule has 1 aliphatic carbocycles. The number of pyridine rings is 1. The van der Waals surface area contributed by atoms with Crippen LogP contribution in [-0.4, -0.2) is 32.1 Å². The highest BCUT2D eigenvalue weighted by molar-refractivity contribution is 5.92. The topological polar surface area (TPSA) is 103 Å². The zero-order chi connectivity index (χ0) is 17.1. The minimum atomic E-state index is -0.210. The van der Waals surface area contributed by atoms with Crippen molar-refractivity contribution in [3.05, 3.63) is 54.3 Å². The third-order valence-corrected chi connectivity index (χ3v) is 3.70. The second-order valence-corrected chi connectivity index (χ2v) is 5.68. The lowest BCUT2D eigenvalue weighted by molar-refractivity contribution is 0.0945. The third-order valence-electron chi connectivity index (χ3n) is 3.70. The van der Waals surface area contributed by atoms with Gasteiger partial charge < -0.3 is 14.6 Å². The van der Waals surface area contributed by atoms with E-state index in [1.54, 1.807) is 6.20 Å². The molecule has 1 saturated carbocycles. The molecule has 25 heavy (non-hydrogen) atoms. The Morgan fingerprint density at radius 3 is 2.88 bits per heavy atom. The van der Waals surface area contributed by atoms with Crippen molar-refractivity contribution in [1.29, 1.82) is 0 Å². The molecule has 3 aromatic rings. The molecule has 1 aliphatic rings. The number of nitrogens with zero attached hydrogens (tertiary/aromatic N) is 4. The lowest BCUT2D eigenvalue weighted by atomic mass is 10.2.